The maximum Gasteiger partial charge on any atom is 0.248 e. The molecule has 0 aliphatic carbocycles. The van der Waals surface area contributed by atoms with Crippen LogP contribution in [0.4, 0.5) is 0 Å². The molecule has 0 unspecified atom stereocenters. The van der Waals surface area contributed by atoms with Crippen LogP contribution in [-0.4, -0.2) is 47.8 Å². The van der Waals surface area contributed by atoms with Crippen LogP contribution in [0.15, 0.2) is 47.3 Å². The van der Waals surface area contributed by atoms with Gasteiger partial charge in [0.1, 0.15) is 5.75 Å². The Morgan fingerprint density at radius 1 is 1.16 bits per heavy atom. The topological polar surface area (TPSA) is 104 Å². The van der Waals surface area contributed by atoms with Crippen LogP contribution in [0.25, 0.3) is 10.9 Å². The summed E-state index contributed by atoms with van der Waals surface area (Å²) in [5, 5.41) is 24.5. The number of H-pyrrole nitrogens is 1. The van der Waals surface area contributed by atoms with E-state index in [1.165, 1.54) is 12.1 Å². The van der Waals surface area contributed by atoms with Crippen LogP contribution < -0.4 is 20.3 Å². The monoisotopic (exact) mass is 444 g/mol. The quantitative estimate of drug-likeness (QED) is 0.230. The van der Waals surface area contributed by atoms with Crippen molar-refractivity contribution in [2.75, 3.05) is 32.6 Å². The fraction of sp³-hybridized carbons (Fsp3) is 0.348. The third-order valence-corrected chi connectivity index (χ3v) is 5.30. The lowest BCUT2D eigenvalue weighted by molar-refractivity contribution is 0.176. The highest BCUT2D eigenvalue weighted by Crippen LogP contribution is 2.29. The van der Waals surface area contributed by atoms with Crippen molar-refractivity contribution in [1.29, 1.82) is 0 Å². The molecule has 1 aromatic heterocycles. The van der Waals surface area contributed by atoms with Crippen molar-refractivity contribution in [3.63, 3.8) is 0 Å². The van der Waals surface area contributed by atoms with E-state index in [1.807, 2.05) is 18.2 Å². The molecule has 0 aliphatic heterocycles. The van der Waals surface area contributed by atoms with E-state index in [-0.39, 0.29) is 11.3 Å². The highest BCUT2D eigenvalue weighted by molar-refractivity contribution is 7.80. The first-order chi connectivity index (χ1) is 15.0. The predicted octanol–water partition coefficient (Wildman–Crippen LogP) is 2.81. The Morgan fingerprint density at radius 2 is 2.00 bits per heavy atom. The minimum absolute atomic E-state index is 0.0244. The molecule has 7 nitrogen and oxygen atoms in total. The largest absolute Gasteiger partial charge is 0.506 e. The molecule has 0 saturated heterocycles. The lowest BCUT2D eigenvalue weighted by Gasteiger charge is -2.16. The number of ether oxygens (including phenoxy) is 2. The SMILES string of the molecule is COc1cc(CCNC[C@H](O)c2ccc(O)c3[nH]c(=O)ccc23)ccc1OCCCS. The molecule has 0 fully saturated rings. The second-order valence-corrected chi connectivity index (χ2v) is 7.61. The van der Waals surface area contributed by atoms with E-state index in [4.69, 9.17) is 9.47 Å². The molecule has 0 bridgehead atoms. The van der Waals surface area contributed by atoms with Crippen molar-refractivity contribution in [3.8, 4) is 17.2 Å². The number of nitrogens with one attached hydrogen (secondary N) is 2. The molecule has 8 heteroatoms. The summed E-state index contributed by atoms with van der Waals surface area (Å²) >= 11 is 4.18. The van der Waals surface area contributed by atoms with Crippen molar-refractivity contribution in [1.82, 2.24) is 10.3 Å². The first-order valence-electron chi connectivity index (χ1n) is 10.2. The summed E-state index contributed by atoms with van der Waals surface area (Å²) in [7, 11) is 1.62. The first kappa shape index (κ1) is 23.0. The number of phenolic OH excluding ortho intramolecular Hbond substituents is 1. The van der Waals surface area contributed by atoms with Crippen LogP contribution in [0.2, 0.25) is 0 Å². The molecule has 4 N–H and O–H groups in total. The number of aromatic hydroxyl groups is 1. The summed E-state index contributed by atoms with van der Waals surface area (Å²) in [5.41, 5.74) is 1.75. The van der Waals surface area contributed by atoms with Crippen molar-refractivity contribution in [2.45, 2.75) is 18.9 Å². The normalized spacial score (nSPS) is 12.1. The number of phenols is 1. The smallest absolute Gasteiger partial charge is 0.248 e. The number of thiol groups is 1. The van der Waals surface area contributed by atoms with E-state index in [1.54, 1.807) is 19.2 Å². The molecule has 0 radical (unpaired) electrons. The number of aromatic nitrogens is 1. The molecular weight excluding hydrogens is 416 g/mol. The van der Waals surface area contributed by atoms with Gasteiger partial charge in [0.2, 0.25) is 5.56 Å². The molecule has 0 saturated carbocycles. The van der Waals surface area contributed by atoms with Gasteiger partial charge < -0.3 is 30.0 Å². The van der Waals surface area contributed by atoms with Gasteiger partial charge in [0.25, 0.3) is 0 Å². The van der Waals surface area contributed by atoms with Gasteiger partial charge in [-0.15, -0.1) is 0 Å². The summed E-state index contributed by atoms with van der Waals surface area (Å²) in [6.07, 6.45) is 0.835. The number of hydrogen-bond donors (Lipinski definition) is 5. The fourth-order valence-electron chi connectivity index (χ4n) is 3.36. The second kappa shape index (κ2) is 11.1. The molecule has 2 aromatic carbocycles. The Hall–Kier alpha value is -2.68. The summed E-state index contributed by atoms with van der Waals surface area (Å²) in [4.78, 5) is 14.1. The molecule has 0 amide bonds. The van der Waals surface area contributed by atoms with E-state index in [0.717, 1.165) is 24.2 Å². The van der Waals surface area contributed by atoms with Gasteiger partial charge in [0, 0.05) is 18.0 Å². The standard InChI is InChI=1S/C23H28N2O5S/c1-29-21-13-15(3-7-20(21)30-11-2-12-31)9-10-24-14-19(27)16-4-6-18(26)23-17(16)5-8-22(28)25-23/h3-8,13,19,24,26-27,31H,2,9-12,14H2,1H3,(H,25,28)/t19-/m0/s1. The van der Waals surface area contributed by atoms with Gasteiger partial charge in [-0.1, -0.05) is 12.1 Å². The summed E-state index contributed by atoms with van der Waals surface area (Å²) in [6, 6.07) is 12.0. The summed E-state index contributed by atoms with van der Waals surface area (Å²) in [6.45, 7) is 1.59. The average Bonchev–Trinajstić information content (AvgIpc) is 2.78. The van der Waals surface area contributed by atoms with E-state index in [2.05, 4.69) is 22.9 Å². The summed E-state index contributed by atoms with van der Waals surface area (Å²) in [5.74, 6) is 2.16. The van der Waals surface area contributed by atoms with E-state index < -0.39 is 6.10 Å². The minimum Gasteiger partial charge on any atom is -0.506 e. The number of aromatic amines is 1. The lowest BCUT2D eigenvalue weighted by Crippen LogP contribution is -2.24. The molecule has 0 aliphatic rings. The maximum absolute atomic E-state index is 11.5. The molecule has 31 heavy (non-hydrogen) atoms. The Balaban J connectivity index is 1.57. The molecule has 3 aromatic rings. The van der Waals surface area contributed by atoms with E-state index in [0.29, 0.717) is 47.7 Å². The van der Waals surface area contributed by atoms with Gasteiger partial charge in [0.15, 0.2) is 11.5 Å². The number of methoxy groups -OCH3 is 1. The fourth-order valence-corrected chi connectivity index (χ4v) is 3.49. The van der Waals surface area contributed by atoms with Crippen LogP contribution in [0.3, 0.4) is 0 Å². The van der Waals surface area contributed by atoms with Gasteiger partial charge in [-0.25, -0.2) is 0 Å². The second-order valence-electron chi connectivity index (χ2n) is 7.17. The Labute approximate surface area is 186 Å². The van der Waals surface area contributed by atoms with E-state index in [9.17, 15) is 15.0 Å². The Morgan fingerprint density at radius 3 is 2.77 bits per heavy atom. The number of aliphatic hydroxyl groups is 1. The highest BCUT2D eigenvalue weighted by atomic mass is 32.1. The molecule has 0 spiro atoms. The van der Waals surface area contributed by atoms with Crippen molar-refractivity contribution in [2.24, 2.45) is 0 Å². The number of rotatable bonds is 11. The maximum atomic E-state index is 11.5. The lowest BCUT2D eigenvalue weighted by atomic mass is 10.0. The van der Waals surface area contributed by atoms with Gasteiger partial charge in [-0.2, -0.15) is 12.6 Å². The molecule has 1 atom stereocenters. The molecular formula is C23H28N2O5S. The molecule has 1 heterocycles. The number of aliphatic hydroxyl groups excluding tert-OH is 1. The number of pyridine rings is 1. The molecule has 3 rings (SSSR count). The summed E-state index contributed by atoms with van der Waals surface area (Å²) < 4.78 is 11.1. The Bertz CT molecular complexity index is 1070. The van der Waals surface area contributed by atoms with Gasteiger partial charge in [-0.05, 0) is 60.5 Å². The minimum atomic E-state index is -0.786. The molecule has 166 valence electrons. The Kier molecular flexibility index (Phi) is 8.22. The van der Waals surface area contributed by atoms with Crippen LogP contribution in [-0.2, 0) is 6.42 Å². The third-order valence-electron chi connectivity index (χ3n) is 4.98. The highest BCUT2D eigenvalue weighted by Gasteiger charge is 2.14. The van der Waals surface area contributed by atoms with Crippen LogP contribution in [0, 0.1) is 0 Å². The van der Waals surface area contributed by atoms with Gasteiger partial charge in [0.05, 0.1) is 25.3 Å². The van der Waals surface area contributed by atoms with Crippen LogP contribution in [0.5, 0.6) is 17.2 Å². The zero-order valence-electron chi connectivity index (χ0n) is 17.4. The van der Waals surface area contributed by atoms with Crippen LogP contribution >= 0.6 is 12.6 Å². The number of fused-ring (bicyclic) bond motifs is 1. The van der Waals surface area contributed by atoms with Crippen molar-refractivity contribution < 1.29 is 19.7 Å². The third kappa shape index (κ3) is 5.94. The van der Waals surface area contributed by atoms with Gasteiger partial charge in [-0.3, -0.25) is 4.79 Å². The number of benzene rings is 2. The van der Waals surface area contributed by atoms with Crippen molar-refractivity contribution >= 4 is 23.5 Å². The van der Waals surface area contributed by atoms with Gasteiger partial charge >= 0.3 is 0 Å². The van der Waals surface area contributed by atoms with E-state index >= 15 is 0 Å². The average molecular weight is 445 g/mol. The first-order valence-corrected chi connectivity index (χ1v) is 10.8. The zero-order valence-corrected chi connectivity index (χ0v) is 18.3. The zero-order chi connectivity index (χ0) is 22.2. The predicted molar refractivity (Wildman–Crippen MR) is 125 cm³/mol. The van der Waals surface area contributed by atoms with Crippen molar-refractivity contribution in [3.05, 3.63) is 63.9 Å². The van der Waals surface area contributed by atoms with Crippen LogP contribution in [0.1, 0.15) is 23.7 Å². The number of hydrogen-bond acceptors (Lipinski definition) is 7.